The third kappa shape index (κ3) is 7.46. The molecule has 1 aromatic rings. The van der Waals surface area contributed by atoms with Crippen molar-refractivity contribution in [1.82, 2.24) is 10.6 Å². The minimum absolute atomic E-state index is 0.0157. The summed E-state index contributed by atoms with van der Waals surface area (Å²) in [6.07, 6.45) is 0.775. The number of likely N-dealkylation sites (N-methyl/N-ethyl adjacent to an activating group) is 1. The maximum absolute atomic E-state index is 11.8. The molecule has 5 heteroatoms. The normalized spacial score (nSPS) is 11.0. The zero-order chi connectivity index (χ0) is 15.9. The zero-order valence-electron chi connectivity index (χ0n) is 13.2. The first-order valence-corrected chi connectivity index (χ1v) is 7.14. The van der Waals surface area contributed by atoms with Gasteiger partial charge in [0.2, 0.25) is 11.8 Å². The molecule has 0 heterocycles. The Kier molecular flexibility index (Phi) is 6.37. The molecule has 0 aliphatic heterocycles. The fraction of sp³-hybridized carbons (Fsp3) is 0.500. The number of anilines is 1. The van der Waals surface area contributed by atoms with E-state index in [2.05, 4.69) is 36.7 Å². The highest BCUT2D eigenvalue weighted by molar-refractivity contribution is 5.90. The van der Waals surface area contributed by atoms with Gasteiger partial charge in [0.25, 0.3) is 0 Å². The van der Waals surface area contributed by atoms with E-state index >= 15 is 0 Å². The largest absolute Gasteiger partial charge is 0.359 e. The van der Waals surface area contributed by atoms with Gasteiger partial charge in [0.05, 0.1) is 6.42 Å². The van der Waals surface area contributed by atoms with Crippen molar-refractivity contribution in [2.75, 3.05) is 18.9 Å². The fourth-order valence-corrected chi connectivity index (χ4v) is 1.75. The van der Waals surface area contributed by atoms with Gasteiger partial charge in [-0.2, -0.15) is 0 Å². The molecule has 1 aromatic carbocycles. The molecule has 0 aliphatic carbocycles. The molecule has 21 heavy (non-hydrogen) atoms. The van der Waals surface area contributed by atoms with Crippen LogP contribution >= 0.6 is 0 Å². The Bertz CT molecular complexity index is 475. The highest BCUT2D eigenvalue weighted by atomic mass is 16.2. The van der Waals surface area contributed by atoms with E-state index in [-0.39, 0.29) is 17.4 Å². The fourth-order valence-electron chi connectivity index (χ4n) is 1.75. The minimum atomic E-state index is -0.0277. The van der Waals surface area contributed by atoms with E-state index in [0.29, 0.717) is 19.4 Å². The first kappa shape index (κ1) is 17.2. The van der Waals surface area contributed by atoms with E-state index in [4.69, 9.17) is 0 Å². The van der Waals surface area contributed by atoms with E-state index in [9.17, 15) is 9.59 Å². The molecule has 1 rings (SSSR count). The van der Waals surface area contributed by atoms with Gasteiger partial charge in [-0.05, 0) is 38.5 Å². The Morgan fingerprint density at radius 2 is 1.67 bits per heavy atom. The lowest BCUT2D eigenvalue weighted by atomic mass is 10.1. The molecule has 0 radical (unpaired) electrons. The van der Waals surface area contributed by atoms with Crippen LogP contribution in [0.2, 0.25) is 0 Å². The maximum atomic E-state index is 11.8. The molecule has 5 nitrogen and oxygen atoms in total. The molecular formula is C16H25N3O2. The van der Waals surface area contributed by atoms with Crippen LogP contribution in [-0.2, 0) is 16.0 Å². The molecule has 0 saturated carbocycles. The molecule has 0 aliphatic rings. The first-order valence-electron chi connectivity index (χ1n) is 7.14. The Hall–Kier alpha value is -1.88. The van der Waals surface area contributed by atoms with Crippen LogP contribution in [-0.4, -0.2) is 30.9 Å². The predicted molar refractivity (Wildman–Crippen MR) is 85.2 cm³/mol. The molecule has 3 N–H and O–H groups in total. The average molecular weight is 291 g/mol. The van der Waals surface area contributed by atoms with Gasteiger partial charge in [-0.3, -0.25) is 9.59 Å². The van der Waals surface area contributed by atoms with Crippen molar-refractivity contribution in [3.63, 3.8) is 0 Å². The standard InChI is InChI=1S/C16H25N3O2/c1-16(2,3)18-10-9-14(20)19-13-7-5-12(6-8-13)11-15(21)17-4/h5-8,18H,9-11H2,1-4H3,(H,17,21)(H,19,20). The lowest BCUT2D eigenvalue weighted by molar-refractivity contribution is -0.120. The summed E-state index contributed by atoms with van der Waals surface area (Å²) >= 11 is 0. The second-order valence-corrected chi connectivity index (χ2v) is 6.02. The van der Waals surface area contributed by atoms with Crippen molar-refractivity contribution in [3.05, 3.63) is 29.8 Å². The molecule has 116 valence electrons. The number of rotatable bonds is 6. The number of amides is 2. The van der Waals surface area contributed by atoms with Gasteiger partial charge in [-0.15, -0.1) is 0 Å². The highest BCUT2D eigenvalue weighted by Gasteiger charge is 2.09. The van der Waals surface area contributed by atoms with E-state index < -0.39 is 0 Å². The van der Waals surface area contributed by atoms with E-state index in [0.717, 1.165) is 11.3 Å². The summed E-state index contributed by atoms with van der Waals surface area (Å²) in [6, 6.07) is 7.32. The van der Waals surface area contributed by atoms with Crippen LogP contribution in [0.5, 0.6) is 0 Å². The highest BCUT2D eigenvalue weighted by Crippen LogP contribution is 2.10. The molecule has 0 atom stereocenters. The summed E-state index contributed by atoms with van der Waals surface area (Å²) in [5.41, 5.74) is 1.68. The van der Waals surface area contributed by atoms with Crippen molar-refractivity contribution in [2.45, 2.75) is 39.2 Å². The topological polar surface area (TPSA) is 70.2 Å². The minimum Gasteiger partial charge on any atom is -0.359 e. The molecule has 2 amide bonds. The predicted octanol–water partition coefficient (Wildman–Crippen LogP) is 1.69. The molecule has 0 aromatic heterocycles. The summed E-state index contributed by atoms with van der Waals surface area (Å²) in [5, 5.41) is 8.69. The lowest BCUT2D eigenvalue weighted by Gasteiger charge is -2.20. The van der Waals surface area contributed by atoms with E-state index in [1.54, 1.807) is 7.05 Å². The number of carbonyl (C=O) groups excluding carboxylic acids is 2. The van der Waals surface area contributed by atoms with Crippen LogP contribution in [0.3, 0.4) is 0 Å². The molecule has 0 fully saturated rings. The number of hydrogen-bond donors (Lipinski definition) is 3. The Morgan fingerprint density at radius 3 is 2.19 bits per heavy atom. The van der Waals surface area contributed by atoms with Gasteiger partial charge in [0.15, 0.2) is 0 Å². The van der Waals surface area contributed by atoms with Gasteiger partial charge in [0, 0.05) is 31.2 Å². The molecule has 0 spiro atoms. The molecule has 0 saturated heterocycles. The van der Waals surface area contributed by atoms with Crippen LogP contribution in [0.25, 0.3) is 0 Å². The Balaban J connectivity index is 2.41. The third-order valence-corrected chi connectivity index (χ3v) is 2.89. The lowest BCUT2D eigenvalue weighted by Crippen LogP contribution is -2.37. The quantitative estimate of drug-likeness (QED) is 0.747. The zero-order valence-corrected chi connectivity index (χ0v) is 13.2. The van der Waals surface area contributed by atoms with Crippen LogP contribution < -0.4 is 16.0 Å². The second kappa shape index (κ2) is 7.78. The third-order valence-electron chi connectivity index (χ3n) is 2.89. The number of benzene rings is 1. The molecule has 0 bridgehead atoms. The van der Waals surface area contributed by atoms with Crippen molar-refractivity contribution < 1.29 is 9.59 Å². The van der Waals surface area contributed by atoms with Crippen LogP contribution in [0, 0.1) is 0 Å². The molecular weight excluding hydrogens is 266 g/mol. The smallest absolute Gasteiger partial charge is 0.225 e. The number of hydrogen-bond acceptors (Lipinski definition) is 3. The van der Waals surface area contributed by atoms with Crippen LogP contribution in [0.1, 0.15) is 32.8 Å². The summed E-state index contributed by atoms with van der Waals surface area (Å²) in [5.74, 6) is -0.0501. The summed E-state index contributed by atoms with van der Waals surface area (Å²) < 4.78 is 0. The second-order valence-electron chi connectivity index (χ2n) is 6.02. The van der Waals surface area contributed by atoms with Crippen molar-refractivity contribution in [2.24, 2.45) is 0 Å². The number of nitrogens with one attached hydrogen (secondary N) is 3. The van der Waals surface area contributed by atoms with Gasteiger partial charge in [-0.25, -0.2) is 0 Å². The summed E-state index contributed by atoms with van der Waals surface area (Å²) in [4.78, 5) is 23.0. The van der Waals surface area contributed by atoms with E-state index in [1.807, 2.05) is 24.3 Å². The molecule has 0 unspecified atom stereocenters. The SMILES string of the molecule is CNC(=O)Cc1ccc(NC(=O)CCNC(C)(C)C)cc1. The first-order chi connectivity index (χ1) is 9.80. The van der Waals surface area contributed by atoms with Crippen LogP contribution in [0.4, 0.5) is 5.69 Å². The van der Waals surface area contributed by atoms with Gasteiger partial charge >= 0.3 is 0 Å². The average Bonchev–Trinajstić information content (AvgIpc) is 2.39. The van der Waals surface area contributed by atoms with Crippen LogP contribution in [0.15, 0.2) is 24.3 Å². The summed E-state index contributed by atoms with van der Waals surface area (Å²) in [6.45, 7) is 6.84. The van der Waals surface area contributed by atoms with Crippen molar-refractivity contribution in [1.29, 1.82) is 0 Å². The van der Waals surface area contributed by atoms with Gasteiger partial charge in [0.1, 0.15) is 0 Å². The Labute approximate surface area is 126 Å². The van der Waals surface area contributed by atoms with E-state index in [1.165, 1.54) is 0 Å². The van der Waals surface area contributed by atoms with Gasteiger partial charge < -0.3 is 16.0 Å². The Morgan fingerprint density at radius 1 is 1.05 bits per heavy atom. The van der Waals surface area contributed by atoms with Gasteiger partial charge in [-0.1, -0.05) is 12.1 Å². The summed E-state index contributed by atoms with van der Waals surface area (Å²) in [7, 11) is 1.61. The number of carbonyl (C=O) groups is 2. The maximum Gasteiger partial charge on any atom is 0.225 e. The van der Waals surface area contributed by atoms with Crippen molar-refractivity contribution >= 4 is 17.5 Å². The van der Waals surface area contributed by atoms with Crippen molar-refractivity contribution in [3.8, 4) is 0 Å². The monoisotopic (exact) mass is 291 g/mol.